The Labute approximate surface area is 204 Å². The molecule has 0 amide bonds. The topological polar surface area (TPSA) is 59.0 Å². The maximum Gasteiger partial charge on any atom is 0.224 e. The van der Waals surface area contributed by atoms with Crippen LogP contribution in [0.2, 0.25) is 10.3 Å². The lowest BCUT2D eigenvalue weighted by Crippen LogP contribution is -2.28. The van der Waals surface area contributed by atoms with Gasteiger partial charge in [0.1, 0.15) is 5.82 Å². The molecule has 1 atom stereocenters. The van der Waals surface area contributed by atoms with Gasteiger partial charge in [0, 0.05) is 40.7 Å². The molecule has 5 nitrogen and oxygen atoms in total. The normalized spacial score (nSPS) is 16.2. The first-order valence-corrected chi connectivity index (χ1v) is 12.4. The number of benzene rings is 1. The third-order valence-electron chi connectivity index (χ3n) is 6.61. The van der Waals surface area contributed by atoms with Crippen LogP contribution in [-0.2, 0) is 19.3 Å². The number of carbonyl (C=O) groups excluding carboxylic acids is 1. The fourth-order valence-corrected chi connectivity index (χ4v) is 5.17. The van der Waals surface area contributed by atoms with Gasteiger partial charge in [-0.2, -0.15) is 4.98 Å². The van der Waals surface area contributed by atoms with Gasteiger partial charge in [-0.25, -0.2) is 4.98 Å². The fourth-order valence-electron chi connectivity index (χ4n) is 4.86. The van der Waals surface area contributed by atoms with E-state index in [9.17, 15) is 4.79 Å². The van der Waals surface area contributed by atoms with Crippen LogP contribution in [0.3, 0.4) is 0 Å². The van der Waals surface area contributed by atoms with Crippen molar-refractivity contribution in [3.05, 3.63) is 74.9 Å². The van der Waals surface area contributed by atoms with E-state index in [0.29, 0.717) is 22.3 Å². The van der Waals surface area contributed by atoms with Gasteiger partial charge in [-0.1, -0.05) is 18.5 Å². The number of Topliss-reactive ketones (excluding diaryl/α,β-unsaturated/α-hetero) is 1. The predicted molar refractivity (Wildman–Crippen MR) is 132 cm³/mol. The summed E-state index contributed by atoms with van der Waals surface area (Å²) in [6.45, 7) is 2.95. The Morgan fingerprint density at radius 3 is 2.52 bits per heavy atom. The smallest absolute Gasteiger partial charge is 0.224 e. The molecule has 5 rings (SSSR count). The average Bonchev–Trinajstić information content (AvgIpc) is 2.83. The van der Waals surface area contributed by atoms with E-state index in [1.165, 1.54) is 5.56 Å². The molecule has 0 N–H and O–H groups in total. The lowest BCUT2D eigenvalue weighted by atomic mass is 9.94. The summed E-state index contributed by atoms with van der Waals surface area (Å²) in [6.07, 6.45) is 6.57. The number of aromatic nitrogens is 3. The van der Waals surface area contributed by atoms with Crippen molar-refractivity contribution < 1.29 is 4.79 Å². The van der Waals surface area contributed by atoms with E-state index in [-0.39, 0.29) is 11.7 Å². The number of aryl methyl sites for hydroxylation is 2. The summed E-state index contributed by atoms with van der Waals surface area (Å²) in [5, 5.41) is 0.948. The van der Waals surface area contributed by atoms with Gasteiger partial charge < -0.3 is 4.90 Å². The number of hydrogen-bond donors (Lipinski definition) is 0. The molecule has 2 aliphatic rings. The molecular formula is C26H26Cl2N4O. The third-order valence-corrected chi connectivity index (χ3v) is 7.03. The lowest BCUT2D eigenvalue weighted by Gasteiger charge is -2.33. The van der Waals surface area contributed by atoms with Crippen molar-refractivity contribution in [2.45, 2.75) is 57.8 Å². The number of nitrogens with zero attached hydrogens (tertiary/aromatic N) is 4. The van der Waals surface area contributed by atoms with Gasteiger partial charge in [-0.15, -0.1) is 0 Å². The van der Waals surface area contributed by atoms with Gasteiger partial charge >= 0.3 is 0 Å². The van der Waals surface area contributed by atoms with E-state index >= 15 is 0 Å². The number of halogens is 2. The van der Waals surface area contributed by atoms with Crippen molar-refractivity contribution in [2.24, 2.45) is 0 Å². The molecular weight excluding hydrogens is 455 g/mol. The Hall–Kier alpha value is -2.50. The van der Waals surface area contributed by atoms with E-state index in [4.69, 9.17) is 28.2 Å². The van der Waals surface area contributed by atoms with Crippen LogP contribution in [0.25, 0.3) is 0 Å². The highest BCUT2D eigenvalue weighted by atomic mass is 35.5. The predicted octanol–water partition coefficient (Wildman–Crippen LogP) is 6.52. The van der Waals surface area contributed by atoms with Gasteiger partial charge in [-0.3, -0.25) is 9.78 Å². The number of fused-ring (bicyclic) bond motifs is 2. The number of anilines is 2. The first-order valence-electron chi connectivity index (χ1n) is 11.6. The molecule has 0 bridgehead atoms. The minimum atomic E-state index is 0.0232. The largest absolute Gasteiger partial charge is 0.324 e. The summed E-state index contributed by atoms with van der Waals surface area (Å²) in [6, 6.07) is 11.2. The number of rotatable bonds is 5. The minimum Gasteiger partial charge on any atom is -0.324 e. The van der Waals surface area contributed by atoms with Crippen LogP contribution in [0.1, 0.15) is 71.5 Å². The summed E-state index contributed by atoms with van der Waals surface area (Å²) < 4.78 is 0. The highest BCUT2D eigenvalue weighted by Gasteiger charge is 2.27. The quantitative estimate of drug-likeness (QED) is 0.307. The van der Waals surface area contributed by atoms with Gasteiger partial charge in [0.05, 0.1) is 17.1 Å². The Balaban J connectivity index is 1.41. The summed E-state index contributed by atoms with van der Waals surface area (Å²) in [5.74, 6) is 1.06. The van der Waals surface area contributed by atoms with Gasteiger partial charge in [-0.05, 0) is 86.5 Å². The molecule has 33 heavy (non-hydrogen) atoms. The van der Waals surface area contributed by atoms with Crippen LogP contribution in [-0.4, -0.2) is 27.3 Å². The number of hydrogen-bond acceptors (Lipinski definition) is 5. The molecule has 1 unspecified atom stereocenters. The fraction of sp³-hybridized carbons (Fsp3) is 0.385. The summed E-state index contributed by atoms with van der Waals surface area (Å²) in [4.78, 5) is 29.1. The molecule has 1 aliphatic heterocycles. The molecule has 2 aromatic heterocycles. The van der Waals surface area contributed by atoms with Gasteiger partial charge in [0.15, 0.2) is 5.78 Å². The standard InChI is InChI=1S/C26H26Cl2N4O/c1-16(15-24(33)17-8-10-18(27)11-9-17)20-12-13-23-22(29-20)7-4-14-32(23)25-19-5-2-3-6-21(19)30-26(28)31-25/h8-13,16H,2-7,14-15H2,1H3. The van der Waals surface area contributed by atoms with Crippen LogP contribution >= 0.6 is 23.2 Å². The van der Waals surface area contributed by atoms with Crippen LogP contribution in [0.5, 0.6) is 0 Å². The van der Waals surface area contributed by atoms with Crippen LogP contribution < -0.4 is 4.90 Å². The molecule has 3 aromatic rings. The number of ketones is 1. The van der Waals surface area contributed by atoms with E-state index in [0.717, 1.165) is 73.7 Å². The first kappa shape index (κ1) is 22.3. The van der Waals surface area contributed by atoms with Crippen molar-refractivity contribution in [3.8, 4) is 0 Å². The van der Waals surface area contributed by atoms with Crippen molar-refractivity contribution in [3.63, 3.8) is 0 Å². The van der Waals surface area contributed by atoms with Gasteiger partial charge in [0.2, 0.25) is 5.28 Å². The van der Waals surface area contributed by atoms with E-state index < -0.39 is 0 Å². The maximum absolute atomic E-state index is 12.7. The molecule has 7 heteroatoms. The Morgan fingerprint density at radius 2 is 1.70 bits per heavy atom. The third kappa shape index (κ3) is 4.62. The second kappa shape index (κ2) is 9.40. The molecule has 3 heterocycles. The van der Waals surface area contributed by atoms with Crippen LogP contribution in [0.4, 0.5) is 11.5 Å². The summed E-state index contributed by atoms with van der Waals surface area (Å²) >= 11 is 12.2. The summed E-state index contributed by atoms with van der Waals surface area (Å²) in [7, 11) is 0. The zero-order valence-corrected chi connectivity index (χ0v) is 20.2. The highest BCUT2D eigenvalue weighted by molar-refractivity contribution is 6.30. The maximum atomic E-state index is 12.7. The highest BCUT2D eigenvalue weighted by Crippen LogP contribution is 2.37. The summed E-state index contributed by atoms with van der Waals surface area (Å²) in [5.41, 5.74) is 6.08. The van der Waals surface area contributed by atoms with E-state index in [2.05, 4.69) is 27.9 Å². The Kier molecular flexibility index (Phi) is 6.35. The number of carbonyl (C=O) groups is 1. The molecule has 0 saturated heterocycles. The Morgan fingerprint density at radius 1 is 0.939 bits per heavy atom. The molecule has 0 radical (unpaired) electrons. The molecule has 1 aliphatic carbocycles. The second-order valence-electron chi connectivity index (χ2n) is 8.94. The van der Waals surface area contributed by atoms with E-state index in [1.54, 1.807) is 24.3 Å². The molecule has 0 saturated carbocycles. The molecule has 0 fully saturated rings. The van der Waals surface area contributed by atoms with Crippen molar-refractivity contribution >= 4 is 40.5 Å². The second-order valence-corrected chi connectivity index (χ2v) is 9.72. The van der Waals surface area contributed by atoms with E-state index in [1.807, 2.05) is 6.07 Å². The Bertz CT molecular complexity index is 1200. The zero-order valence-electron chi connectivity index (χ0n) is 18.7. The molecule has 0 spiro atoms. The molecule has 1 aromatic carbocycles. The number of pyridine rings is 1. The molecule has 170 valence electrons. The minimum absolute atomic E-state index is 0.0232. The van der Waals surface area contributed by atoms with Crippen molar-refractivity contribution in [2.75, 3.05) is 11.4 Å². The van der Waals surface area contributed by atoms with Crippen LogP contribution in [0, 0.1) is 0 Å². The van der Waals surface area contributed by atoms with Crippen LogP contribution in [0.15, 0.2) is 36.4 Å². The van der Waals surface area contributed by atoms with Crippen molar-refractivity contribution in [1.29, 1.82) is 0 Å². The zero-order chi connectivity index (χ0) is 22.9. The SMILES string of the molecule is CC(CC(=O)c1ccc(Cl)cc1)c1ccc2c(n1)CCCN2c1nc(Cl)nc2c1CCCC2. The average molecular weight is 481 g/mol. The van der Waals surface area contributed by atoms with Gasteiger partial charge in [0.25, 0.3) is 0 Å². The van der Waals surface area contributed by atoms with Crippen molar-refractivity contribution in [1.82, 2.24) is 15.0 Å². The first-order chi connectivity index (χ1) is 16.0. The monoisotopic (exact) mass is 480 g/mol. The lowest BCUT2D eigenvalue weighted by molar-refractivity contribution is 0.0975.